The Morgan fingerprint density at radius 2 is 2.05 bits per heavy atom. The molecule has 0 saturated carbocycles. The summed E-state index contributed by atoms with van der Waals surface area (Å²) in [6, 6.07) is 4.66. The molecule has 7 nitrogen and oxygen atoms in total. The van der Waals surface area contributed by atoms with Crippen LogP contribution in [0, 0.1) is 13.8 Å². The molecule has 1 heterocycles. The predicted molar refractivity (Wildman–Crippen MR) is 80.4 cm³/mol. The number of hydrogen-bond donors (Lipinski definition) is 3. The Morgan fingerprint density at radius 1 is 1.33 bits per heavy atom. The molecule has 0 amide bonds. The largest absolute Gasteiger partial charge is 0.444 e. The van der Waals surface area contributed by atoms with E-state index in [-0.39, 0.29) is 10.6 Å². The van der Waals surface area contributed by atoms with Crippen LogP contribution in [0.1, 0.15) is 17.3 Å². The summed E-state index contributed by atoms with van der Waals surface area (Å²) in [5, 5.41) is 3.09. The summed E-state index contributed by atoms with van der Waals surface area (Å²) >= 11 is 0. The van der Waals surface area contributed by atoms with Gasteiger partial charge in [-0.25, -0.2) is 18.1 Å². The lowest BCUT2D eigenvalue weighted by Gasteiger charge is -2.09. The number of nitrogens with two attached hydrogens (primary N) is 1. The summed E-state index contributed by atoms with van der Waals surface area (Å²) in [5.41, 5.74) is 7.50. The van der Waals surface area contributed by atoms with Crippen molar-refractivity contribution in [3.63, 3.8) is 0 Å². The van der Waals surface area contributed by atoms with Crippen LogP contribution in [-0.2, 0) is 16.6 Å². The zero-order chi connectivity index (χ0) is 15.6. The van der Waals surface area contributed by atoms with Gasteiger partial charge in [-0.15, -0.1) is 0 Å². The Hall–Kier alpha value is -2.06. The van der Waals surface area contributed by atoms with Gasteiger partial charge in [-0.1, -0.05) is 0 Å². The third-order valence-electron chi connectivity index (χ3n) is 3.08. The second-order valence-corrected chi connectivity index (χ2v) is 6.42. The van der Waals surface area contributed by atoms with Crippen LogP contribution in [0.2, 0.25) is 0 Å². The van der Waals surface area contributed by atoms with Crippen LogP contribution in [-0.4, -0.2) is 20.4 Å². The Balaban J connectivity index is 2.14. The molecule has 21 heavy (non-hydrogen) atoms. The summed E-state index contributed by atoms with van der Waals surface area (Å²) in [6.45, 7) is 4.12. The van der Waals surface area contributed by atoms with E-state index in [1.54, 1.807) is 12.1 Å². The molecule has 2 rings (SSSR count). The van der Waals surface area contributed by atoms with Gasteiger partial charge >= 0.3 is 0 Å². The van der Waals surface area contributed by atoms with Gasteiger partial charge in [0, 0.05) is 5.69 Å². The number of nitrogen functional groups attached to an aromatic ring is 1. The molecular formula is C13H18N4O3S. The minimum absolute atomic E-state index is 0.0540. The van der Waals surface area contributed by atoms with Crippen LogP contribution < -0.4 is 15.8 Å². The quantitative estimate of drug-likeness (QED) is 0.720. The molecule has 0 saturated heterocycles. The number of aryl methyl sites for hydroxylation is 2. The van der Waals surface area contributed by atoms with Crippen LogP contribution in [0.4, 0.5) is 11.4 Å². The van der Waals surface area contributed by atoms with E-state index in [4.69, 9.17) is 10.2 Å². The van der Waals surface area contributed by atoms with Gasteiger partial charge in [-0.05, 0) is 39.1 Å². The summed E-state index contributed by atoms with van der Waals surface area (Å²) < 4.78 is 31.1. The molecule has 2 aromatic rings. The molecule has 0 aliphatic rings. The third-order valence-corrected chi connectivity index (χ3v) is 4.57. The fourth-order valence-electron chi connectivity index (χ4n) is 1.81. The average molecular weight is 310 g/mol. The molecule has 0 bridgehead atoms. The second-order valence-electron chi connectivity index (χ2n) is 4.56. The van der Waals surface area contributed by atoms with Crippen LogP contribution in [0.25, 0.3) is 0 Å². The van der Waals surface area contributed by atoms with Gasteiger partial charge in [0.25, 0.3) is 0 Å². The number of rotatable bonds is 5. The SMILES string of the molecule is CNS(=O)(=O)c1ccc(NCc2nc(C)c(C)o2)cc1N. The smallest absolute Gasteiger partial charge is 0.242 e. The summed E-state index contributed by atoms with van der Waals surface area (Å²) in [5.74, 6) is 1.34. The molecular weight excluding hydrogens is 292 g/mol. The van der Waals surface area contributed by atoms with E-state index in [0.717, 1.165) is 11.5 Å². The van der Waals surface area contributed by atoms with E-state index in [9.17, 15) is 8.42 Å². The number of nitrogens with one attached hydrogen (secondary N) is 2. The molecule has 0 spiro atoms. The lowest BCUT2D eigenvalue weighted by atomic mass is 10.3. The monoisotopic (exact) mass is 310 g/mol. The number of oxazole rings is 1. The van der Waals surface area contributed by atoms with Crippen molar-refractivity contribution in [2.45, 2.75) is 25.3 Å². The fraction of sp³-hybridized carbons (Fsp3) is 0.308. The zero-order valence-corrected chi connectivity index (χ0v) is 12.9. The number of aromatic nitrogens is 1. The first-order valence-corrected chi connectivity index (χ1v) is 7.81. The van der Waals surface area contributed by atoms with E-state index in [1.165, 1.54) is 13.1 Å². The molecule has 114 valence electrons. The first kappa shape index (κ1) is 15.3. The Kier molecular flexibility index (Phi) is 4.19. The summed E-state index contributed by atoms with van der Waals surface area (Å²) in [7, 11) is -2.21. The van der Waals surface area contributed by atoms with Crippen molar-refractivity contribution < 1.29 is 12.8 Å². The summed E-state index contributed by atoms with van der Waals surface area (Å²) in [4.78, 5) is 4.31. The molecule has 0 aliphatic carbocycles. The van der Waals surface area contributed by atoms with Crippen molar-refractivity contribution in [2.75, 3.05) is 18.1 Å². The third kappa shape index (κ3) is 3.34. The minimum Gasteiger partial charge on any atom is -0.444 e. The number of hydrogen-bond acceptors (Lipinski definition) is 6. The van der Waals surface area contributed by atoms with Gasteiger partial charge < -0.3 is 15.5 Å². The van der Waals surface area contributed by atoms with Crippen molar-refractivity contribution in [1.82, 2.24) is 9.71 Å². The highest BCUT2D eigenvalue weighted by Crippen LogP contribution is 2.22. The van der Waals surface area contributed by atoms with Gasteiger partial charge in [0.15, 0.2) is 0 Å². The Labute approximate surface area is 123 Å². The van der Waals surface area contributed by atoms with Gasteiger partial charge in [-0.3, -0.25) is 0 Å². The molecule has 0 unspecified atom stereocenters. The van der Waals surface area contributed by atoms with Crippen molar-refractivity contribution in [3.8, 4) is 0 Å². The molecule has 0 atom stereocenters. The van der Waals surface area contributed by atoms with Gasteiger partial charge in [0.1, 0.15) is 10.7 Å². The maximum atomic E-state index is 11.7. The van der Waals surface area contributed by atoms with Crippen LogP contribution in [0.3, 0.4) is 0 Å². The molecule has 4 N–H and O–H groups in total. The molecule has 0 fully saturated rings. The maximum Gasteiger partial charge on any atom is 0.242 e. The number of benzene rings is 1. The molecule has 8 heteroatoms. The molecule has 0 aliphatic heterocycles. The minimum atomic E-state index is -3.55. The van der Waals surface area contributed by atoms with E-state index < -0.39 is 10.0 Å². The highest BCUT2D eigenvalue weighted by Gasteiger charge is 2.15. The normalized spacial score (nSPS) is 11.6. The maximum absolute atomic E-state index is 11.7. The highest BCUT2D eigenvalue weighted by molar-refractivity contribution is 7.89. The second kappa shape index (κ2) is 5.74. The van der Waals surface area contributed by atoms with Crippen molar-refractivity contribution in [1.29, 1.82) is 0 Å². The first-order chi connectivity index (χ1) is 9.83. The first-order valence-electron chi connectivity index (χ1n) is 6.33. The van der Waals surface area contributed by atoms with E-state index >= 15 is 0 Å². The Bertz CT molecular complexity index is 733. The lowest BCUT2D eigenvalue weighted by Crippen LogP contribution is -2.20. The van der Waals surface area contributed by atoms with Crippen molar-refractivity contribution in [2.24, 2.45) is 0 Å². The van der Waals surface area contributed by atoms with Crippen LogP contribution in [0.15, 0.2) is 27.5 Å². The zero-order valence-electron chi connectivity index (χ0n) is 12.1. The lowest BCUT2D eigenvalue weighted by molar-refractivity contribution is 0.478. The standard InChI is InChI=1S/C13H18N4O3S/c1-8-9(2)20-13(17-8)7-16-10-4-5-12(11(14)6-10)21(18,19)15-3/h4-6,15-16H,7,14H2,1-3H3. The van der Waals surface area contributed by atoms with E-state index in [1.807, 2.05) is 13.8 Å². The molecule has 1 aromatic carbocycles. The fourth-order valence-corrected chi connectivity index (χ4v) is 2.64. The molecule has 0 radical (unpaired) electrons. The topological polar surface area (TPSA) is 110 Å². The highest BCUT2D eigenvalue weighted by atomic mass is 32.2. The van der Waals surface area contributed by atoms with E-state index in [0.29, 0.717) is 18.1 Å². The van der Waals surface area contributed by atoms with Gasteiger partial charge in [-0.2, -0.15) is 0 Å². The van der Waals surface area contributed by atoms with Crippen molar-refractivity contribution in [3.05, 3.63) is 35.5 Å². The summed E-state index contributed by atoms with van der Waals surface area (Å²) in [6.07, 6.45) is 0. The number of sulfonamides is 1. The van der Waals surface area contributed by atoms with Gasteiger partial charge in [0.05, 0.1) is 17.9 Å². The number of anilines is 2. The van der Waals surface area contributed by atoms with E-state index in [2.05, 4.69) is 15.0 Å². The van der Waals surface area contributed by atoms with Crippen LogP contribution >= 0.6 is 0 Å². The predicted octanol–water partition coefficient (Wildman–Crippen LogP) is 1.39. The van der Waals surface area contributed by atoms with Gasteiger partial charge in [0.2, 0.25) is 15.9 Å². The molecule has 1 aromatic heterocycles. The Morgan fingerprint density at radius 3 is 2.57 bits per heavy atom. The average Bonchev–Trinajstić information content (AvgIpc) is 2.75. The van der Waals surface area contributed by atoms with Crippen LogP contribution in [0.5, 0.6) is 0 Å². The number of nitrogens with zero attached hydrogens (tertiary/aromatic N) is 1. The van der Waals surface area contributed by atoms with Crippen molar-refractivity contribution >= 4 is 21.4 Å².